The molecule has 1 heterocycles. The van der Waals surface area contributed by atoms with E-state index < -0.39 is 7.82 Å². The molecule has 1 aliphatic heterocycles. The number of hydroxylamine groups is 2. The van der Waals surface area contributed by atoms with Crippen LogP contribution in [0.3, 0.4) is 0 Å². The molecule has 78 valence electrons. The van der Waals surface area contributed by atoms with E-state index >= 15 is 0 Å². The van der Waals surface area contributed by atoms with E-state index in [0.29, 0.717) is 26.3 Å². The van der Waals surface area contributed by atoms with Crippen molar-refractivity contribution >= 4 is 19.7 Å². The summed E-state index contributed by atoms with van der Waals surface area (Å²) in [6.07, 6.45) is 0. The molecule has 0 saturated carbocycles. The zero-order chi connectivity index (χ0) is 9.73. The number of ether oxygens (including phenoxy) is 1. The molecule has 0 aromatic carbocycles. The minimum Gasteiger partial charge on any atom is -0.379 e. The maximum atomic E-state index is 11.3. The van der Waals surface area contributed by atoms with Crippen LogP contribution in [0.25, 0.3) is 0 Å². The summed E-state index contributed by atoms with van der Waals surface area (Å²) < 4.78 is 29.9. The summed E-state index contributed by atoms with van der Waals surface area (Å²) in [5, 5.41) is 1.44. The van der Waals surface area contributed by atoms with Gasteiger partial charge in [0, 0.05) is 20.2 Å². The number of phosphoric acid groups is 1. The highest BCUT2D eigenvalue weighted by Gasteiger charge is 2.29. The molecule has 0 bridgehead atoms. The second-order valence-electron chi connectivity index (χ2n) is 2.32. The Hall–Kier alpha value is 0.320. The first-order chi connectivity index (χ1) is 6.20. The molecule has 0 aliphatic carbocycles. The Morgan fingerprint density at radius 1 is 1.46 bits per heavy atom. The molecular weight excluding hydrogens is 220 g/mol. The summed E-state index contributed by atoms with van der Waals surface area (Å²) in [4.78, 5) is 0. The monoisotopic (exact) mass is 231 g/mol. The molecular formula is C5H11ClNO5P. The summed E-state index contributed by atoms with van der Waals surface area (Å²) in [6.45, 7) is 2.05. The smallest absolute Gasteiger partial charge is 0.379 e. The molecule has 1 atom stereocenters. The Labute approximate surface area is 81.4 Å². The number of halogens is 1. The van der Waals surface area contributed by atoms with Crippen molar-refractivity contribution in [1.82, 2.24) is 5.06 Å². The van der Waals surface area contributed by atoms with Crippen LogP contribution in [0, 0.1) is 0 Å². The van der Waals surface area contributed by atoms with Gasteiger partial charge in [0.25, 0.3) is 0 Å². The van der Waals surface area contributed by atoms with Gasteiger partial charge >= 0.3 is 7.82 Å². The normalized spacial score (nSPS) is 24.2. The van der Waals surface area contributed by atoms with Gasteiger partial charge in [-0.05, 0) is 0 Å². The summed E-state index contributed by atoms with van der Waals surface area (Å²) >= 11 is 4.96. The molecule has 0 radical (unpaired) electrons. The van der Waals surface area contributed by atoms with E-state index in [2.05, 4.69) is 8.60 Å². The predicted molar refractivity (Wildman–Crippen MR) is 45.0 cm³/mol. The fraction of sp³-hybridized carbons (Fsp3) is 1.00. The van der Waals surface area contributed by atoms with Crippen LogP contribution < -0.4 is 0 Å². The Bertz CT molecular complexity index is 189. The molecule has 0 amide bonds. The zero-order valence-corrected chi connectivity index (χ0v) is 8.79. The fourth-order valence-corrected chi connectivity index (χ4v) is 1.68. The lowest BCUT2D eigenvalue weighted by molar-refractivity contribution is -0.132. The quantitative estimate of drug-likeness (QED) is 0.677. The minimum atomic E-state index is -3.61. The van der Waals surface area contributed by atoms with E-state index in [1.807, 2.05) is 0 Å². The molecule has 1 unspecified atom stereocenters. The second-order valence-corrected chi connectivity index (χ2v) is 4.30. The highest BCUT2D eigenvalue weighted by Crippen LogP contribution is 2.50. The first kappa shape index (κ1) is 11.4. The molecule has 1 fully saturated rings. The van der Waals surface area contributed by atoms with Gasteiger partial charge in [-0.25, -0.2) is 4.57 Å². The minimum absolute atomic E-state index is 0.508. The standard InChI is InChI=1S/C5H11ClNO5P/c1-9-13(8,11-6)12-7-2-4-10-5-3-7/h2-5H2,1H3. The molecule has 1 aliphatic rings. The van der Waals surface area contributed by atoms with Crippen LogP contribution in [0.2, 0.25) is 0 Å². The van der Waals surface area contributed by atoms with Crippen LogP contribution in [0.15, 0.2) is 0 Å². The van der Waals surface area contributed by atoms with Gasteiger partial charge in [0.1, 0.15) is 0 Å². The van der Waals surface area contributed by atoms with Crippen molar-refractivity contribution in [2.75, 3.05) is 33.4 Å². The first-order valence-electron chi connectivity index (χ1n) is 3.69. The van der Waals surface area contributed by atoms with Gasteiger partial charge in [-0.15, -0.1) is 0 Å². The highest BCUT2D eigenvalue weighted by molar-refractivity contribution is 7.49. The number of morpholine rings is 1. The lowest BCUT2D eigenvalue weighted by atomic mass is 10.5. The first-order valence-corrected chi connectivity index (χ1v) is 5.45. The summed E-state index contributed by atoms with van der Waals surface area (Å²) in [5.41, 5.74) is 0. The third-order valence-corrected chi connectivity index (χ3v) is 3.05. The van der Waals surface area contributed by atoms with Gasteiger partial charge in [-0.1, -0.05) is 0 Å². The van der Waals surface area contributed by atoms with Gasteiger partial charge in [0.05, 0.1) is 25.1 Å². The lowest BCUT2D eigenvalue weighted by Crippen LogP contribution is -2.35. The van der Waals surface area contributed by atoms with Crippen molar-refractivity contribution in [3.05, 3.63) is 0 Å². The van der Waals surface area contributed by atoms with Crippen LogP contribution >= 0.6 is 19.7 Å². The molecule has 0 spiro atoms. The number of hydrogen-bond donors (Lipinski definition) is 0. The molecule has 1 saturated heterocycles. The van der Waals surface area contributed by atoms with Gasteiger partial charge in [0.15, 0.2) is 0 Å². The van der Waals surface area contributed by atoms with Crippen molar-refractivity contribution in [2.45, 2.75) is 0 Å². The molecule has 8 heteroatoms. The van der Waals surface area contributed by atoms with Crippen molar-refractivity contribution in [1.29, 1.82) is 0 Å². The Balaban J connectivity index is 2.40. The molecule has 0 N–H and O–H groups in total. The van der Waals surface area contributed by atoms with Gasteiger partial charge in [-0.2, -0.15) is 13.8 Å². The van der Waals surface area contributed by atoms with Crippen molar-refractivity contribution < 1.29 is 22.5 Å². The molecule has 0 aromatic rings. The Kier molecular flexibility index (Phi) is 4.61. The third kappa shape index (κ3) is 3.52. The third-order valence-electron chi connectivity index (χ3n) is 1.49. The van der Waals surface area contributed by atoms with E-state index in [0.717, 1.165) is 0 Å². The van der Waals surface area contributed by atoms with Crippen LogP contribution in [0.4, 0.5) is 0 Å². The van der Waals surface area contributed by atoms with Crippen LogP contribution in [-0.2, 0) is 22.5 Å². The largest absolute Gasteiger partial charge is 0.507 e. The molecule has 1 rings (SSSR count). The maximum absolute atomic E-state index is 11.3. The van der Waals surface area contributed by atoms with Crippen LogP contribution in [0.5, 0.6) is 0 Å². The average Bonchev–Trinajstić information content (AvgIpc) is 2.19. The number of hydrogen-bond acceptors (Lipinski definition) is 6. The van der Waals surface area contributed by atoms with E-state index in [4.69, 9.17) is 21.2 Å². The molecule has 6 nitrogen and oxygen atoms in total. The summed E-state index contributed by atoms with van der Waals surface area (Å²) in [6, 6.07) is 0. The molecule has 0 aromatic heterocycles. The zero-order valence-electron chi connectivity index (χ0n) is 7.14. The fourth-order valence-electron chi connectivity index (χ4n) is 0.844. The maximum Gasteiger partial charge on any atom is 0.507 e. The summed E-state index contributed by atoms with van der Waals surface area (Å²) in [5.74, 6) is 0. The topological polar surface area (TPSA) is 57.2 Å². The lowest BCUT2D eigenvalue weighted by Gasteiger charge is -2.26. The molecule has 13 heavy (non-hydrogen) atoms. The van der Waals surface area contributed by atoms with Gasteiger partial charge in [0.2, 0.25) is 0 Å². The van der Waals surface area contributed by atoms with E-state index in [1.165, 1.54) is 12.2 Å². The SMILES string of the molecule is COP(=O)(OCl)ON1CCOCC1. The number of nitrogens with zero attached hydrogens (tertiary/aromatic N) is 1. The summed E-state index contributed by atoms with van der Waals surface area (Å²) in [7, 11) is -2.42. The van der Waals surface area contributed by atoms with Gasteiger partial charge < -0.3 is 4.74 Å². The Morgan fingerprint density at radius 3 is 2.54 bits per heavy atom. The van der Waals surface area contributed by atoms with Crippen LogP contribution in [-0.4, -0.2) is 38.5 Å². The van der Waals surface area contributed by atoms with Crippen molar-refractivity contribution in [3.8, 4) is 0 Å². The van der Waals surface area contributed by atoms with Crippen LogP contribution in [0.1, 0.15) is 0 Å². The van der Waals surface area contributed by atoms with Crippen molar-refractivity contribution in [2.24, 2.45) is 0 Å². The second kappa shape index (κ2) is 5.26. The van der Waals surface area contributed by atoms with E-state index in [1.54, 1.807) is 0 Å². The Morgan fingerprint density at radius 2 is 2.08 bits per heavy atom. The van der Waals surface area contributed by atoms with Gasteiger partial charge in [-0.3, -0.25) is 4.52 Å². The highest BCUT2D eigenvalue weighted by atomic mass is 35.5. The van der Waals surface area contributed by atoms with Crippen molar-refractivity contribution in [3.63, 3.8) is 0 Å². The number of rotatable bonds is 4. The van der Waals surface area contributed by atoms with E-state index in [9.17, 15) is 4.57 Å². The van der Waals surface area contributed by atoms with E-state index in [-0.39, 0.29) is 0 Å². The predicted octanol–water partition coefficient (Wildman–Crippen LogP) is 1.18. The average molecular weight is 232 g/mol.